The van der Waals surface area contributed by atoms with Gasteiger partial charge in [0.1, 0.15) is 0 Å². The Labute approximate surface area is 111 Å². The Morgan fingerprint density at radius 1 is 1.21 bits per heavy atom. The number of methoxy groups -OCH3 is 2. The molecule has 0 fully saturated rings. The molecule has 1 aromatic heterocycles. The highest BCUT2D eigenvalue weighted by Crippen LogP contribution is 2.28. The van der Waals surface area contributed by atoms with Crippen molar-refractivity contribution in [2.75, 3.05) is 20.8 Å². The number of nitrogens with two attached hydrogens (primary N) is 1. The van der Waals surface area contributed by atoms with Crippen LogP contribution in [0.25, 0.3) is 0 Å². The predicted octanol–water partition coefficient (Wildman–Crippen LogP) is 0.240. The summed E-state index contributed by atoms with van der Waals surface area (Å²) in [7, 11) is 3.22. The fourth-order valence-corrected chi connectivity index (χ4v) is 1.73. The molecule has 2 aromatic rings. The molecule has 0 bridgehead atoms. The molecule has 1 heterocycles. The maximum atomic E-state index is 5.43. The third-order valence-electron chi connectivity index (χ3n) is 2.63. The normalized spacial score (nSPS) is 10.5. The molecule has 0 saturated heterocycles. The van der Waals surface area contributed by atoms with Crippen molar-refractivity contribution in [2.24, 2.45) is 5.73 Å². The molecule has 0 aliphatic rings. The number of ether oxygens (including phenoxy) is 2. The van der Waals surface area contributed by atoms with Crippen LogP contribution in [0.5, 0.6) is 11.5 Å². The van der Waals surface area contributed by atoms with Gasteiger partial charge in [0.25, 0.3) is 0 Å². The van der Waals surface area contributed by atoms with Crippen molar-refractivity contribution in [3.8, 4) is 11.5 Å². The standard InChI is InChI=1S/C12H17N5O2/c1-18-10-4-3-9(7-11(10)19-2)8-12-14-16-17(15-12)6-5-13/h3-4,7H,5-6,8,13H2,1-2H3. The quantitative estimate of drug-likeness (QED) is 0.803. The van der Waals surface area contributed by atoms with Crippen molar-refractivity contribution < 1.29 is 9.47 Å². The third-order valence-corrected chi connectivity index (χ3v) is 2.63. The van der Waals surface area contributed by atoms with E-state index in [0.717, 1.165) is 5.56 Å². The highest BCUT2D eigenvalue weighted by Gasteiger charge is 2.08. The van der Waals surface area contributed by atoms with E-state index in [4.69, 9.17) is 15.2 Å². The Balaban J connectivity index is 2.13. The molecule has 1 aromatic carbocycles. The van der Waals surface area contributed by atoms with E-state index in [0.29, 0.717) is 36.8 Å². The summed E-state index contributed by atoms with van der Waals surface area (Å²) in [6, 6.07) is 5.71. The minimum absolute atomic E-state index is 0.492. The Bertz CT molecular complexity index is 541. The number of aromatic nitrogens is 4. The summed E-state index contributed by atoms with van der Waals surface area (Å²) in [5, 5.41) is 12.1. The molecule has 0 aliphatic heterocycles. The van der Waals surface area contributed by atoms with Crippen molar-refractivity contribution in [1.82, 2.24) is 20.2 Å². The van der Waals surface area contributed by atoms with Crippen molar-refractivity contribution >= 4 is 0 Å². The zero-order valence-corrected chi connectivity index (χ0v) is 11.0. The molecule has 19 heavy (non-hydrogen) atoms. The summed E-state index contributed by atoms with van der Waals surface area (Å²) in [6.07, 6.45) is 0.588. The third kappa shape index (κ3) is 3.19. The zero-order chi connectivity index (χ0) is 13.7. The van der Waals surface area contributed by atoms with Gasteiger partial charge in [0.15, 0.2) is 17.3 Å². The number of rotatable bonds is 6. The molecule has 0 atom stereocenters. The Kier molecular flexibility index (Phi) is 4.30. The summed E-state index contributed by atoms with van der Waals surface area (Å²) in [6.45, 7) is 1.06. The molecule has 0 saturated carbocycles. The van der Waals surface area contributed by atoms with Crippen LogP contribution in [0, 0.1) is 0 Å². The number of hydrogen-bond donors (Lipinski definition) is 1. The van der Waals surface area contributed by atoms with Gasteiger partial charge in [-0.3, -0.25) is 0 Å². The van der Waals surface area contributed by atoms with Crippen molar-refractivity contribution in [3.05, 3.63) is 29.6 Å². The van der Waals surface area contributed by atoms with Gasteiger partial charge in [-0.1, -0.05) is 6.07 Å². The van der Waals surface area contributed by atoms with E-state index in [1.807, 2.05) is 18.2 Å². The molecule has 0 unspecified atom stereocenters. The van der Waals surface area contributed by atoms with Crippen LogP contribution in [0.15, 0.2) is 18.2 Å². The lowest BCUT2D eigenvalue weighted by Gasteiger charge is -2.08. The maximum absolute atomic E-state index is 5.43. The molecule has 7 heteroatoms. The van der Waals surface area contributed by atoms with E-state index >= 15 is 0 Å². The molecule has 2 rings (SSSR count). The fourth-order valence-electron chi connectivity index (χ4n) is 1.73. The summed E-state index contributed by atoms with van der Waals surface area (Å²) >= 11 is 0. The van der Waals surface area contributed by atoms with Gasteiger partial charge in [0, 0.05) is 13.0 Å². The van der Waals surface area contributed by atoms with Crippen molar-refractivity contribution in [2.45, 2.75) is 13.0 Å². The van der Waals surface area contributed by atoms with Crippen molar-refractivity contribution in [3.63, 3.8) is 0 Å². The highest BCUT2D eigenvalue weighted by atomic mass is 16.5. The van der Waals surface area contributed by atoms with Crippen LogP contribution in [-0.2, 0) is 13.0 Å². The lowest BCUT2D eigenvalue weighted by molar-refractivity contribution is 0.354. The largest absolute Gasteiger partial charge is 0.493 e. The number of tetrazole rings is 1. The molecule has 0 aliphatic carbocycles. The van der Waals surface area contributed by atoms with Crippen LogP contribution in [0.2, 0.25) is 0 Å². The minimum Gasteiger partial charge on any atom is -0.493 e. The van der Waals surface area contributed by atoms with Gasteiger partial charge in [0.2, 0.25) is 0 Å². The SMILES string of the molecule is COc1ccc(Cc2nnn(CCN)n2)cc1OC. The monoisotopic (exact) mass is 263 g/mol. The van der Waals surface area contributed by atoms with E-state index in [9.17, 15) is 0 Å². The van der Waals surface area contributed by atoms with Crippen LogP contribution in [0.1, 0.15) is 11.4 Å². The highest BCUT2D eigenvalue weighted by molar-refractivity contribution is 5.43. The summed E-state index contributed by atoms with van der Waals surface area (Å²) in [4.78, 5) is 1.50. The Morgan fingerprint density at radius 2 is 2.00 bits per heavy atom. The van der Waals surface area contributed by atoms with Gasteiger partial charge in [0.05, 0.1) is 20.8 Å². The first-order valence-corrected chi connectivity index (χ1v) is 5.94. The molecular formula is C12H17N5O2. The van der Waals surface area contributed by atoms with E-state index in [2.05, 4.69) is 15.4 Å². The fraction of sp³-hybridized carbons (Fsp3) is 0.417. The second-order valence-corrected chi connectivity index (χ2v) is 3.96. The molecule has 0 radical (unpaired) electrons. The molecular weight excluding hydrogens is 246 g/mol. The molecule has 7 nitrogen and oxygen atoms in total. The number of benzene rings is 1. The average molecular weight is 263 g/mol. The van der Waals surface area contributed by atoms with Gasteiger partial charge in [-0.05, 0) is 22.9 Å². The second-order valence-electron chi connectivity index (χ2n) is 3.96. The van der Waals surface area contributed by atoms with Gasteiger partial charge in [-0.15, -0.1) is 10.2 Å². The van der Waals surface area contributed by atoms with Crippen LogP contribution in [0.4, 0.5) is 0 Å². The minimum atomic E-state index is 0.492. The topological polar surface area (TPSA) is 88.1 Å². The molecule has 102 valence electrons. The molecule has 0 spiro atoms. The lowest BCUT2D eigenvalue weighted by Crippen LogP contribution is -2.12. The van der Waals surface area contributed by atoms with Crippen LogP contribution in [-0.4, -0.2) is 41.0 Å². The second kappa shape index (κ2) is 6.14. The lowest BCUT2D eigenvalue weighted by atomic mass is 10.1. The van der Waals surface area contributed by atoms with Crippen LogP contribution < -0.4 is 15.2 Å². The first-order valence-electron chi connectivity index (χ1n) is 5.94. The average Bonchev–Trinajstić information content (AvgIpc) is 2.86. The summed E-state index contributed by atoms with van der Waals surface area (Å²) in [5.74, 6) is 2.04. The zero-order valence-electron chi connectivity index (χ0n) is 11.0. The predicted molar refractivity (Wildman–Crippen MR) is 69.2 cm³/mol. The van der Waals surface area contributed by atoms with E-state index < -0.39 is 0 Å². The maximum Gasteiger partial charge on any atom is 0.179 e. The molecule has 2 N–H and O–H groups in total. The first-order chi connectivity index (χ1) is 9.26. The van der Waals surface area contributed by atoms with E-state index in [1.54, 1.807) is 14.2 Å². The Hall–Kier alpha value is -2.15. The van der Waals surface area contributed by atoms with E-state index in [-0.39, 0.29) is 0 Å². The van der Waals surface area contributed by atoms with E-state index in [1.165, 1.54) is 4.80 Å². The summed E-state index contributed by atoms with van der Waals surface area (Å²) < 4.78 is 10.4. The Morgan fingerprint density at radius 3 is 2.68 bits per heavy atom. The molecule has 0 amide bonds. The van der Waals surface area contributed by atoms with Crippen molar-refractivity contribution in [1.29, 1.82) is 0 Å². The smallest absolute Gasteiger partial charge is 0.179 e. The number of hydrogen-bond acceptors (Lipinski definition) is 6. The van der Waals surface area contributed by atoms with Crippen LogP contribution in [0.3, 0.4) is 0 Å². The first kappa shape index (κ1) is 13.3. The van der Waals surface area contributed by atoms with Gasteiger partial charge in [-0.25, -0.2) is 0 Å². The number of nitrogens with zero attached hydrogens (tertiary/aromatic N) is 4. The summed E-state index contributed by atoms with van der Waals surface area (Å²) in [5.41, 5.74) is 6.47. The van der Waals surface area contributed by atoms with Crippen LogP contribution >= 0.6 is 0 Å². The van der Waals surface area contributed by atoms with Gasteiger partial charge >= 0.3 is 0 Å². The van der Waals surface area contributed by atoms with Gasteiger partial charge in [-0.2, -0.15) is 4.80 Å². The van der Waals surface area contributed by atoms with Gasteiger partial charge < -0.3 is 15.2 Å².